The summed E-state index contributed by atoms with van der Waals surface area (Å²) in [6.45, 7) is 4.18. The van der Waals surface area contributed by atoms with Gasteiger partial charge >= 0.3 is 0 Å². The molecule has 4 nitrogen and oxygen atoms in total. The maximum atomic E-state index is 6.37. The van der Waals surface area contributed by atoms with Crippen LogP contribution in [0.2, 0.25) is 5.02 Å². The highest BCUT2D eigenvalue weighted by Crippen LogP contribution is 2.47. The topological polar surface area (TPSA) is 34.1 Å². The highest BCUT2D eigenvalue weighted by molar-refractivity contribution is 6.30. The molecule has 2 aliphatic rings. The monoisotopic (exact) mass is 416 g/mol. The van der Waals surface area contributed by atoms with E-state index in [0.29, 0.717) is 11.6 Å². The third-order valence-electron chi connectivity index (χ3n) is 5.41. The van der Waals surface area contributed by atoms with Gasteiger partial charge in [-0.15, -0.1) is 0 Å². The highest BCUT2D eigenvalue weighted by Gasteiger charge is 2.40. The van der Waals surface area contributed by atoms with Crippen LogP contribution in [0.5, 0.6) is 11.5 Å². The molecule has 2 heterocycles. The van der Waals surface area contributed by atoms with E-state index >= 15 is 0 Å². The third kappa shape index (κ3) is 3.44. The van der Waals surface area contributed by atoms with E-state index in [2.05, 4.69) is 29.8 Å². The molecule has 3 aromatic carbocycles. The lowest BCUT2D eigenvalue weighted by molar-refractivity contribution is -0.0190. The minimum Gasteiger partial charge on any atom is -0.490 e. The van der Waals surface area contributed by atoms with Crippen molar-refractivity contribution in [1.82, 2.24) is 5.01 Å². The zero-order valence-corrected chi connectivity index (χ0v) is 17.1. The Morgan fingerprint density at radius 1 is 1.07 bits per heavy atom. The van der Waals surface area contributed by atoms with Gasteiger partial charge in [-0.25, -0.2) is 5.01 Å². The molecule has 0 saturated carbocycles. The molecule has 0 saturated heterocycles. The van der Waals surface area contributed by atoms with Gasteiger partial charge in [-0.3, -0.25) is 0 Å². The predicted molar refractivity (Wildman–Crippen MR) is 119 cm³/mol. The van der Waals surface area contributed by atoms with Crippen molar-refractivity contribution in [2.24, 2.45) is 5.10 Å². The van der Waals surface area contributed by atoms with E-state index in [1.807, 2.05) is 54.6 Å². The number of benzene rings is 3. The summed E-state index contributed by atoms with van der Waals surface area (Å²) >= 11 is 6.09. The van der Waals surface area contributed by atoms with Gasteiger partial charge in [0.1, 0.15) is 18.1 Å². The molecule has 2 aliphatic heterocycles. The fourth-order valence-corrected chi connectivity index (χ4v) is 4.08. The summed E-state index contributed by atoms with van der Waals surface area (Å²) in [7, 11) is 0. The Morgan fingerprint density at radius 3 is 2.60 bits per heavy atom. The number of halogens is 1. The third-order valence-corrected chi connectivity index (χ3v) is 5.66. The highest BCUT2D eigenvalue weighted by atomic mass is 35.5. The van der Waals surface area contributed by atoms with Crippen molar-refractivity contribution < 1.29 is 9.47 Å². The first kappa shape index (κ1) is 18.8. The molecule has 30 heavy (non-hydrogen) atoms. The van der Waals surface area contributed by atoms with Gasteiger partial charge in [-0.2, -0.15) is 5.10 Å². The Kier molecular flexibility index (Phi) is 4.93. The summed E-state index contributed by atoms with van der Waals surface area (Å²) in [6, 6.07) is 24.2. The molecule has 2 atom stereocenters. The number of rotatable bonds is 5. The summed E-state index contributed by atoms with van der Waals surface area (Å²) in [5.74, 6) is 1.73. The van der Waals surface area contributed by atoms with Crippen molar-refractivity contribution in [2.45, 2.75) is 18.7 Å². The quantitative estimate of drug-likeness (QED) is 0.468. The molecule has 0 unspecified atom stereocenters. The number of hydrogen-bond acceptors (Lipinski definition) is 4. The average Bonchev–Trinajstić information content (AvgIpc) is 3.24. The first-order valence-corrected chi connectivity index (χ1v) is 10.3. The zero-order valence-electron chi connectivity index (χ0n) is 16.4. The van der Waals surface area contributed by atoms with Crippen LogP contribution in [-0.2, 0) is 0 Å². The second kappa shape index (κ2) is 7.88. The molecular formula is C25H21ClN2O2. The Balaban J connectivity index is 1.49. The maximum Gasteiger partial charge on any atom is 0.213 e. The van der Waals surface area contributed by atoms with Crippen LogP contribution in [-0.4, -0.2) is 17.3 Å². The van der Waals surface area contributed by atoms with Gasteiger partial charge < -0.3 is 9.47 Å². The summed E-state index contributed by atoms with van der Waals surface area (Å²) in [5, 5.41) is 7.76. The van der Waals surface area contributed by atoms with Crippen LogP contribution in [0, 0.1) is 0 Å². The van der Waals surface area contributed by atoms with Gasteiger partial charge in [0.05, 0.1) is 11.8 Å². The van der Waals surface area contributed by atoms with Crippen molar-refractivity contribution in [2.75, 3.05) is 6.61 Å². The molecule has 0 spiro atoms. The second-order valence-corrected chi connectivity index (χ2v) is 7.77. The van der Waals surface area contributed by atoms with Crippen LogP contribution in [0.15, 0.2) is 90.6 Å². The summed E-state index contributed by atoms with van der Waals surface area (Å²) in [5.41, 5.74) is 4.31. The lowest BCUT2D eigenvalue weighted by Crippen LogP contribution is -2.33. The van der Waals surface area contributed by atoms with E-state index in [4.69, 9.17) is 26.2 Å². The molecule has 3 aromatic rings. The van der Waals surface area contributed by atoms with E-state index in [1.165, 1.54) is 0 Å². The molecule has 0 fully saturated rings. The van der Waals surface area contributed by atoms with Crippen LogP contribution >= 0.6 is 11.6 Å². The van der Waals surface area contributed by atoms with Crippen LogP contribution in [0.1, 0.15) is 35.4 Å². The summed E-state index contributed by atoms with van der Waals surface area (Å²) in [6.07, 6.45) is 2.26. The molecule has 5 heteroatoms. The molecule has 0 N–H and O–H groups in total. The molecule has 0 aliphatic carbocycles. The zero-order chi connectivity index (χ0) is 20.5. The average molecular weight is 417 g/mol. The van der Waals surface area contributed by atoms with Crippen LogP contribution < -0.4 is 9.47 Å². The number of para-hydroxylation sites is 1. The molecule has 150 valence electrons. The minimum atomic E-state index is -0.296. The Labute approximate surface area is 181 Å². The Hall–Kier alpha value is -3.24. The molecule has 0 bridgehead atoms. The molecule has 5 rings (SSSR count). The minimum absolute atomic E-state index is 0.127. The normalized spacial score (nSPS) is 19.4. The van der Waals surface area contributed by atoms with E-state index < -0.39 is 0 Å². The molecule has 0 amide bonds. The van der Waals surface area contributed by atoms with Crippen molar-refractivity contribution >= 4 is 17.3 Å². The van der Waals surface area contributed by atoms with Crippen molar-refractivity contribution in [3.8, 4) is 11.5 Å². The molecule has 0 radical (unpaired) electrons. The SMILES string of the molecule is C=CCOc1ccc(C2=NN3[C@H](C2)c2ccccc2O[C@@H]3c2ccc(Cl)cc2)cc1. The van der Waals surface area contributed by atoms with E-state index in [9.17, 15) is 0 Å². The molecule has 0 aromatic heterocycles. The fraction of sp³-hybridized carbons (Fsp3) is 0.160. The van der Waals surface area contributed by atoms with Gasteiger partial charge in [0.2, 0.25) is 6.23 Å². The summed E-state index contributed by atoms with van der Waals surface area (Å²) < 4.78 is 12.0. The van der Waals surface area contributed by atoms with E-state index in [-0.39, 0.29) is 12.3 Å². The number of nitrogens with zero attached hydrogens (tertiary/aromatic N) is 2. The number of hydrazone groups is 1. The van der Waals surface area contributed by atoms with Crippen LogP contribution in [0.25, 0.3) is 0 Å². The van der Waals surface area contributed by atoms with Gasteiger partial charge in [0.15, 0.2) is 0 Å². The first-order chi connectivity index (χ1) is 14.7. The van der Waals surface area contributed by atoms with Gasteiger partial charge in [-0.05, 0) is 48.0 Å². The van der Waals surface area contributed by atoms with Crippen LogP contribution in [0.3, 0.4) is 0 Å². The number of hydrogen-bond donors (Lipinski definition) is 0. The predicted octanol–water partition coefficient (Wildman–Crippen LogP) is 6.15. The van der Waals surface area contributed by atoms with Crippen molar-refractivity contribution in [3.05, 3.63) is 107 Å². The van der Waals surface area contributed by atoms with Crippen molar-refractivity contribution in [3.63, 3.8) is 0 Å². The Morgan fingerprint density at radius 2 is 1.83 bits per heavy atom. The van der Waals surface area contributed by atoms with Gasteiger partial charge in [-0.1, -0.05) is 54.6 Å². The van der Waals surface area contributed by atoms with E-state index in [1.54, 1.807) is 6.08 Å². The number of ether oxygens (including phenoxy) is 2. The second-order valence-electron chi connectivity index (χ2n) is 7.33. The lowest BCUT2D eigenvalue weighted by atomic mass is 9.96. The first-order valence-electron chi connectivity index (χ1n) is 9.94. The van der Waals surface area contributed by atoms with Crippen molar-refractivity contribution in [1.29, 1.82) is 0 Å². The smallest absolute Gasteiger partial charge is 0.213 e. The lowest BCUT2D eigenvalue weighted by Gasteiger charge is -2.38. The van der Waals surface area contributed by atoms with Gasteiger partial charge in [0, 0.05) is 22.6 Å². The van der Waals surface area contributed by atoms with Crippen LogP contribution in [0.4, 0.5) is 0 Å². The summed E-state index contributed by atoms with van der Waals surface area (Å²) in [4.78, 5) is 0. The standard InChI is InChI=1S/C25H21ClN2O2/c1-2-15-29-20-13-9-17(10-14-20)22-16-23-21-5-3-4-6-24(21)30-25(28(23)27-22)18-7-11-19(26)12-8-18/h2-14,23,25H,1,15-16H2/t23-,25-/m1/s1. The fourth-order valence-electron chi connectivity index (χ4n) is 3.95. The maximum absolute atomic E-state index is 6.37. The number of fused-ring (bicyclic) bond motifs is 3. The van der Waals surface area contributed by atoms with E-state index in [0.717, 1.165) is 40.3 Å². The largest absolute Gasteiger partial charge is 0.490 e. The van der Waals surface area contributed by atoms with Gasteiger partial charge in [0.25, 0.3) is 0 Å². The Bertz CT molecular complexity index is 1090. The molecular weight excluding hydrogens is 396 g/mol.